The molecule has 1 saturated heterocycles. The molecule has 0 unspecified atom stereocenters. The van der Waals surface area contributed by atoms with E-state index in [4.69, 9.17) is 0 Å². The lowest BCUT2D eigenvalue weighted by Gasteiger charge is -2.36. The van der Waals surface area contributed by atoms with Crippen LogP contribution in [0.1, 0.15) is 10.4 Å². The van der Waals surface area contributed by atoms with E-state index < -0.39 is 11.7 Å². The molecule has 1 aliphatic heterocycles. The highest BCUT2D eigenvalue weighted by Crippen LogP contribution is 2.19. The van der Waals surface area contributed by atoms with Gasteiger partial charge in [-0.3, -0.25) is 9.59 Å². The fourth-order valence-corrected chi connectivity index (χ4v) is 2.89. The first-order chi connectivity index (χ1) is 12.5. The third kappa shape index (κ3) is 4.11. The van der Waals surface area contributed by atoms with E-state index in [1.54, 1.807) is 23.1 Å². The number of hydrogen-bond acceptors (Lipinski definition) is 4. The average molecular weight is 357 g/mol. The lowest BCUT2D eigenvalue weighted by atomic mass is 10.2. The van der Waals surface area contributed by atoms with Crippen LogP contribution in [0.3, 0.4) is 0 Å². The van der Waals surface area contributed by atoms with Crippen LogP contribution in [0.4, 0.5) is 10.1 Å². The van der Waals surface area contributed by atoms with Crippen LogP contribution in [0.5, 0.6) is 5.75 Å². The minimum atomic E-state index is -0.611. The molecule has 1 heterocycles. The second-order valence-corrected chi connectivity index (χ2v) is 6.05. The van der Waals surface area contributed by atoms with Gasteiger partial charge in [0.1, 0.15) is 11.6 Å². The van der Waals surface area contributed by atoms with E-state index in [0.717, 1.165) is 5.69 Å². The van der Waals surface area contributed by atoms with Crippen LogP contribution in [0.15, 0.2) is 48.5 Å². The van der Waals surface area contributed by atoms with Crippen molar-refractivity contribution in [2.75, 3.05) is 37.6 Å². The SMILES string of the molecule is O=C(NCC(=O)N1CCN(c2ccc(O)cc2)CC1)c1ccccc1F. The highest BCUT2D eigenvalue weighted by molar-refractivity contribution is 5.96. The van der Waals surface area contributed by atoms with Crippen molar-refractivity contribution < 1.29 is 19.1 Å². The number of amides is 2. The van der Waals surface area contributed by atoms with Gasteiger partial charge in [-0.05, 0) is 36.4 Å². The van der Waals surface area contributed by atoms with Crippen molar-refractivity contribution in [3.8, 4) is 5.75 Å². The predicted molar refractivity (Wildman–Crippen MR) is 95.6 cm³/mol. The van der Waals surface area contributed by atoms with Crippen LogP contribution in [-0.4, -0.2) is 54.5 Å². The summed E-state index contributed by atoms with van der Waals surface area (Å²) in [5.41, 5.74) is 0.917. The maximum Gasteiger partial charge on any atom is 0.254 e. The number of aromatic hydroxyl groups is 1. The van der Waals surface area contributed by atoms with E-state index in [0.29, 0.717) is 26.2 Å². The van der Waals surface area contributed by atoms with Crippen molar-refractivity contribution in [2.24, 2.45) is 0 Å². The average Bonchev–Trinajstić information content (AvgIpc) is 2.67. The van der Waals surface area contributed by atoms with Gasteiger partial charge >= 0.3 is 0 Å². The lowest BCUT2D eigenvalue weighted by Crippen LogP contribution is -2.51. The molecular formula is C19H20FN3O3. The molecule has 0 saturated carbocycles. The molecule has 2 N–H and O–H groups in total. The molecule has 2 aromatic rings. The predicted octanol–water partition coefficient (Wildman–Crippen LogP) is 1.61. The first-order valence-corrected chi connectivity index (χ1v) is 8.39. The van der Waals surface area contributed by atoms with Gasteiger partial charge in [-0.1, -0.05) is 12.1 Å². The van der Waals surface area contributed by atoms with Gasteiger partial charge in [0.2, 0.25) is 5.91 Å². The number of rotatable bonds is 4. The van der Waals surface area contributed by atoms with Gasteiger partial charge in [0.05, 0.1) is 12.1 Å². The zero-order chi connectivity index (χ0) is 18.5. The van der Waals surface area contributed by atoms with E-state index >= 15 is 0 Å². The zero-order valence-corrected chi connectivity index (χ0v) is 14.2. The quantitative estimate of drug-likeness (QED) is 0.872. The molecule has 3 rings (SSSR count). The van der Waals surface area contributed by atoms with E-state index in [9.17, 15) is 19.1 Å². The summed E-state index contributed by atoms with van der Waals surface area (Å²) in [5, 5.41) is 11.8. The third-order valence-corrected chi connectivity index (χ3v) is 4.37. The molecule has 136 valence electrons. The van der Waals surface area contributed by atoms with Crippen molar-refractivity contribution in [2.45, 2.75) is 0 Å². The van der Waals surface area contributed by atoms with Crippen LogP contribution in [0.25, 0.3) is 0 Å². The summed E-state index contributed by atoms with van der Waals surface area (Å²) in [6.07, 6.45) is 0. The maximum absolute atomic E-state index is 13.6. The third-order valence-electron chi connectivity index (χ3n) is 4.37. The summed E-state index contributed by atoms with van der Waals surface area (Å²) >= 11 is 0. The smallest absolute Gasteiger partial charge is 0.254 e. The Bertz CT molecular complexity index is 787. The molecule has 0 aliphatic carbocycles. The minimum Gasteiger partial charge on any atom is -0.508 e. The number of carbonyl (C=O) groups excluding carboxylic acids is 2. The van der Waals surface area contributed by atoms with Gasteiger partial charge in [0.25, 0.3) is 5.91 Å². The van der Waals surface area contributed by atoms with Crippen LogP contribution in [-0.2, 0) is 4.79 Å². The Kier molecular flexibility index (Phi) is 5.36. The first-order valence-electron chi connectivity index (χ1n) is 8.39. The summed E-state index contributed by atoms with van der Waals surface area (Å²) < 4.78 is 13.6. The molecule has 6 nitrogen and oxygen atoms in total. The highest BCUT2D eigenvalue weighted by atomic mass is 19.1. The van der Waals surface area contributed by atoms with Gasteiger partial charge in [-0.2, -0.15) is 0 Å². The Morgan fingerprint density at radius 1 is 1.00 bits per heavy atom. The van der Waals surface area contributed by atoms with Gasteiger partial charge in [0.15, 0.2) is 0 Å². The van der Waals surface area contributed by atoms with Crippen molar-refractivity contribution >= 4 is 17.5 Å². The van der Waals surface area contributed by atoms with Gasteiger partial charge in [0, 0.05) is 31.9 Å². The molecule has 0 radical (unpaired) electrons. The molecule has 1 fully saturated rings. The zero-order valence-electron chi connectivity index (χ0n) is 14.2. The van der Waals surface area contributed by atoms with Crippen LogP contribution < -0.4 is 10.2 Å². The number of phenolic OH excluding ortho intramolecular Hbond substituents is 1. The molecule has 7 heteroatoms. The second kappa shape index (κ2) is 7.86. The van der Waals surface area contributed by atoms with Crippen molar-refractivity contribution in [1.82, 2.24) is 10.2 Å². The van der Waals surface area contributed by atoms with E-state index in [2.05, 4.69) is 10.2 Å². The second-order valence-electron chi connectivity index (χ2n) is 6.05. The minimum absolute atomic E-state index is 0.0718. The molecule has 0 atom stereocenters. The molecule has 1 aliphatic rings. The summed E-state index contributed by atoms with van der Waals surface area (Å²) in [7, 11) is 0. The van der Waals surface area contributed by atoms with Crippen LogP contribution in [0.2, 0.25) is 0 Å². The number of nitrogens with zero attached hydrogens (tertiary/aromatic N) is 2. The van der Waals surface area contributed by atoms with Crippen molar-refractivity contribution in [3.05, 3.63) is 59.9 Å². The Morgan fingerprint density at radius 3 is 2.31 bits per heavy atom. The fourth-order valence-electron chi connectivity index (χ4n) is 2.89. The van der Waals surface area contributed by atoms with Crippen LogP contribution >= 0.6 is 0 Å². The molecule has 0 bridgehead atoms. The summed E-state index contributed by atoms with van der Waals surface area (Å²) in [5.74, 6) is -1.19. The fraction of sp³-hybridized carbons (Fsp3) is 0.263. The molecule has 2 aromatic carbocycles. The van der Waals surface area contributed by atoms with Gasteiger partial charge < -0.3 is 20.2 Å². The molecule has 2 amide bonds. The van der Waals surface area contributed by atoms with E-state index in [1.807, 2.05) is 12.1 Å². The van der Waals surface area contributed by atoms with Crippen LogP contribution in [0, 0.1) is 5.82 Å². The number of phenols is 1. The Balaban J connectivity index is 1.48. The summed E-state index contributed by atoms with van der Waals surface area (Å²) in [6.45, 7) is 2.24. The lowest BCUT2D eigenvalue weighted by molar-refractivity contribution is -0.130. The van der Waals surface area contributed by atoms with Gasteiger partial charge in [-0.15, -0.1) is 0 Å². The monoisotopic (exact) mass is 357 g/mol. The standard InChI is InChI=1S/C19H20FN3O3/c20-17-4-2-1-3-16(17)19(26)21-13-18(25)23-11-9-22(10-12-23)14-5-7-15(24)8-6-14/h1-8,24H,9-13H2,(H,21,26). The van der Waals surface area contributed by atoms with Crippen molar-refractivity contribution in [3.63, 3.8) is 0 Å². The normalized spacial score (nSPS) is 14.2. The van der Waals surface area contributed by atoms with Crippen molar-refractivity contribution in [1.29, 1.82) is 0 Å². The number of piperazine rings is 1. The Morgan fingerprint density at radius 2 is 1.65 bits per heavy atom. The van der Waals surface area contributed by atoms with E-state index in [1.165, 1.54) is 18.2 Å². The number of hydrogen-bond donors (Lipinski definition) is 2. The first kappa shape index (κ1) is 17.7. The van der Waals surface area contributed by atoms with E-state index in [-0.39, 0.29) is 23.8 Å². The Hall–Kier alpha value is -3.09. The highest BCUT2D eigenvalue weighted by Gasteiger charge is 2.22. The molecular weight excluding hydrogens is 337 g/mol. The topological polar surface area (TPSA) is 72.9 Å². The molecule has 0 spiro atoms. The Labute approximate surface area is 150 Å². The summed E-state index contributed by atoms with van der Waals surface area (Å²) in [6, 6.07) is 12.6. The maximum atomic E-state index is 13.6. The number of carbonyl (C=O) groups is 2. The van der Waals surface area contributed by atoms with Gasteiger partial charge in [-0.25, -0.2) is 4.39 Å². The molecule has 0 aromatic heterocycles. The number of halogens is 1. The number of nitrogens with one attached hydrogen (secondary N) is 1. The summed E-state index contributed by atoms with van der Waals surface area (Å²) in [4.78, 5) is 28.0. The number of anilines is 1. The number of benzene rings is 2. The largest absolute Gasteiger partial charge is 0.508 e. The molecule has 26 heavy (non-hydrogen) atoms.